The summed E-state index contributed by atoms with van der Waals surface area (Å²) in [6.45, 7) is 4.88. The molecule has 132 valence electrons. The van der Waals surface area contributed by atoms with E-state index in [1.54, 1.807) is 18.0 Å². The minimum absolute atomic E-state index is 0.0873. The maximum Gasteiger partial charge on any atom is 0.297 e. The first-order valence-corrected chi connectivity index (χ1v) is 8.13. The molecule has 1 aromatic carbocycles. The van der Waals surface area contributed by atoms with Crippen molar-refractivity contribution in [3.8, 4) is 0 Å². The Bertz CT molecular complexity index is 987. The molecule has 0 saturated heterocycles. The van der Waals surface area contributed by atoms with Gasteiger partial charge in [0.25, 0.3) is 5.56 Å². The molecule has 3 aromatic rings. The molecule has 2 aromatic heterocycles. The minimum Gasteiger partial charge on any atom is -0.448 e. The van der Waals surface area contributed by atoms with E-state index in [0.29, 0.717) is 24.2 Å². The molecule has 1 amide bonds. The lowest BCUT2D eigenvalue weighted by Gasteiger charge is -2.29. The van der Waals surface area contributed by atoms with Crippen molar-refractivity contribution in [1.29, 1.82) is 0 Å². The average Bonchev–Trinajstić information content (AvgIpc) is 2.96. The lowest BCUT2D eigenvalue weighted by Crippen LogP contribution is -2.42. The number of carbonyl (C=O) groups excluding carboxylic acids is 1. The van der Waals surface area contributed by atoms with E-state index in [0.717, 1.165) is 5.39 Å². The second-order valence-electron chi connectivity index (χ2n) is 7.07. The Morgan fingerprint density at radius 2 is 2.08 bits per heavy atom. The van der Waals surface area contributed by atoms with Crippen molar-refractivity contribution in [1.82, 2.24) is 14.5 Å². The normalized spacial score (nSPS) is 12.0. The van der Waals surface area contributed by atoms with Crippen molar-refractivity contribution in [2.45, 2.75) is 20.4 Å². The van der Waals surface area contributed by atoms with Gasteiger partial charge in [-0.2, -0.15) is 0 Å². The number of rotatable bonds is 5. The number of likely N-dealkylation sites (N-methyl/N-ethyl adjacent to an activating group) is 1. The zero-order valence-electron chi connectivity index (χ0n) is 14.7. The standard InChI is InChI=1S/C18H22N4O3/c1-18(2,9-19)10-21(3)14(23)8-22-11-20-15-12-6-4-5-7-13(12)25-16(15)17(22)24/h4-7,11H,8-10,19H2,1-3H3. The highest BCUT2D eigenvalue weighted by Gasteiger charge is 2.22. The maximum absolute atomic E-state index is 12.6. The maximum atomic E-state index is 12.6. The molecule has 0 radical (unpaired) electrons. The number of furan rings is 1. The van der Waals surface area contributed by atoms with Crippen molar-refractivity contribution in [2.75, 3.05) is 20.1 Å². The van der Waals surface area contributed by atoms with E-state index in [2.05, 4.69) is 4.98 Å². The fourth-order valence-corrected chi connectivity index (χ4v) is 2.79. The summed E-state index contributed by atoms with van der Waals surface area (Å²) in [6.07, 6.45) is 1.40. The molecule has 0 unspecified atom stereocenters. The number of nitrogens with two attached hydrogens (primary N) is 1. The van der Waals surface area contributed by atoms with E-state index in [1.807, 2.05) is 32.0 Å². The SMILES string of the molecule is CN(CC(C)(C)CN)C(=O)Cn1cnc2c(oc3ccccc32)c1=O. The molecule has 0 aliphatic heterocycles. The number of hydrogen-bond acceptors (Lipinski definition) is 5. The first-order valence-electron chi connectivity index (χ1n) is 8.13. The fourth-order valence-electron chi connectivity index (χ4n) is 2.79. The highest BCUT2D eigenvalue weighted by Crippen LogP contribution is 2.24. The molecule has 0 saturated carbocycles. The van der Waals surface area contributed by atoms with Gasteiger partial charge < -0.3 is 15.1 Å². The summed E-state index contributed by atoms with van der Waals surface area (Å²) >= 11 is 0. The Morgan fingerprint density at radius 1 is 1.36 bits per heavy atom. The van der Waals surface area contributed by atoms with Crippen molar-refractivity contribution >= 4 is 28.0 Å². The number of aromatic nitrogens is 2. The lowest BCUT2D eigenvalue weighted by molar-refractivity contribution is -0.131. The molecule has 2 N–H and O–H groups in total. The molecule has 0 aliphatic rings. The van der Waals surface area contributed by atoms with Gasteiger partial charge in [0, 0.05) is 19.0 Å². The number of nitrogens with zero attached hydrogens (tertiary/aromatic N) is 3. The van der Waals surface area contributed by atoms with E-state index < -0.39 is 0 Å². The van der Waals surface area contributed by atoms with Crippen molar-refractivity contribution < 1.29 is 9.21 Å². The Kier molecular flexibility index (Phi) is 4.34. The van der Waals surface area contributed by atoms with Crippen molar-refractivity contribution in [3.05, 3.63) is 40.9 Å². The van der Waals surface area contributed by atoms with Crippen LogP contribution in [0.5, 0.6) is 0 Å². The minimum atomic E-state index is -0.360. The predicted molar refractivity (Wildman–Crippen MR) is 96.2 cm³/mol. The van der Waals surface area contributed by atoms with Gasteiger partial charge in [-0.25, -0.2) is 4.98 Å². The molecule has 3 rings (SSSR count). The van der Waals surface area contributed by atoms with E-state index in [-0.39, 0.29) is 29.0 Å². The van der Waals surface area contributed by atoms with E-state index in [9.17, 15) is 9.59 Å². The average molecular weight is 342 g/mol. The van der Waals surface area contributed by atoms with Crippen LogP contribution in [-0.4, -0.2) is 40.5 Å². The van der Waals surface area contributed by atoms with Crippen LogP contribution in [-0.2, 0) is 11.3 Å². The summed E-state index contributed by atoms with van der Waals surface area (Å²) < 4.78 is 6.90. The van der Waals surface area contributed by atoms with Crippen LogP contribution in [0.2, 0.25) is 0 Å². The fraction of sp³-hybridized carbons (Fsp3) is 0.389. The van der Waals surface area contributed by atoms with Crippen LogP contribution < -0.4 is 11.3 Å². The van der Waals surface area contributed by atoms with Crippen LogP contribution in [0.15, 0.2) is 39.8 Å². The van der Waals surface area contributed by atoms with Gasteiger partial charge in [-0.05, 0) is 24.1 Å². The third-order valence-corrected chi connectivity index (χ3v) is 4.30. The van der Waals surface area contributed by atoms with Crippen molar-refractivity contribution in [2.24, 2.45) is 11.1 Å². The summed E-state index contributed by atoms with van der Waals surface area (Å²) in [5, 5.41) is 0.787. The first-order chi connectivity index (χ1) is 11.8. The number of carbonyl (C=O) groups is 1. The van der Waals surface area contributed by atoms with Gasteiger partial charge >= 0.3 is 0 Å². The number of para-hydroxylation sites is 1. The largest absolute Gasteiger partial charge is 0.448 e. The molecular formula is C18H22N4O3. The van der Waals surface area contributed by atoms with Crippen LogP contribution in [0.1, 0.15) is 13.8 Å². The van der Waals surface area contributed by atoms with Gasteiger partial charge in [-0.1, -0.05) is 26.0 Å². The summed E-state index contributed by atoms with van der Waals surface area (Å²) in [5.41, 5.74) is 6.46. The van der Waals surface area contributed by atoms with Crippen LogP contribution in [0.3, 0.4) is 0 Å². The highest BCUT2D eigenvalue weighted by molar-refractivity contribution is 6.01. The number of benzene rings is 1. The Labute approximate surface area is 145 Å². The van der Waals surface area contributed by atoms with Gasteiger partial charge in [0.05, 0.1) is 6.33 Å². The van der Waals surface area contributed by atoms with E-state index >= 15 is 0 Å². The molecule has 0 spiro atoms. The Balaban J connectivity index is 1.89. The van der Waals surface area contributed by atoms with Crippen molar-refractivity contribution in [3.63, 3.8) is 0 Å². The number of fused-ring (bicyclic) bond motifs is 3. The molecule has 0 fully saturated rings. The number of hydrogen-bond donors (Lipinski definition) is 1. The van der Waals surface area contributed by atoms with Gasteiger partial charge in [-0.3, -0.25) is 14.2 Å². The molecular weight excluding hydrogens is 320 g/mol. The third kappa shape index (κ3) is 3.28. The quantitative estimate of drug-likeness (QED) is 0.760. The smallest absolute Gasteiger partial charge is 0.297 e. The third-order valence-electron chi connectivity index (χ3n) is 4.30. The molecule has 0 bridgehead atoms. The van der Waals surface area contributed by atoms with Gasteiger partial charge in [0.2, 0.25) is 11.5 Å². The zero-order chi connectivity index (χ0) is 18.2. The Hall–Kier alpha value is -2.67. The summed E-state index contributed by atoms with van der Waals surface area (Å²) in [5.74, 6) is -0.180. The number of amides is 1. The summed E-state index contributed by atoms with van der Waals surface area (Å²) in [7, 11) is 1.71. The molecule has 0 aliphatic carbocycles. The lowest BCUT2D eigenvalue weighted by atomic mass is 9.93. The van der Waals surface area contributed by atoms with Crippen LogP contribution >= 0.6 is 0 Å². The summed E-state index contributed by atoms with van der Waals surface area (Å²) in [6, 6.07) is 7.34. The predicted octanol–water partition coefficient (Wildman–Crippen LogP) is 1.59. The van der Waals surface area contributed by atoms with Gasteiger partial charge in [0.15, 0.2) is 0 Å². The molecule has 25 heavy (non-hydrogen) atoms. The zero-order valence-corrected chi connectivity index (χ0v) is 14.7. The highest BCUT2D eigenvalue weighted by atomic mass is 16.3. The van der Waals surface area contributed by atoms with Gasteiger partial charge in [0.1, 0.15) is 17.6 Å². The van der Waals surface area contributed by atoms with Crippen LogP contribution in [0.4, 0.5) is 0 Å². The molecule has 2 heterocycles. The van der Waals surface area contributed by atoms with E-state index in [1.165, 1.54) is 10.9 Å². The first kappa shape index (κ1) is 17.2. The second-order valence-corrected chi connectivity index (χ2v) is 7.07. The summed E-state index contributed by atoms with van der Waals surface area (Å²) in [4.78, 5) is 31.0. The van der Waals surface area contributed by atoms with Crippen LogP contribution in [0.25, 0.3) is 22.1 Å². The second kappa shape index (κ2) is 6.33. The van der Waals surface area contributed by atoms with Crippen LogP contribution in [0, 0.1) is 5.41 Å². The molecule has 0 atom stereocenters. The monoisotopic (exact) mass is 342 g/mol. The molecule has 7 nitrogen and oxygen atoms in total. The Morgan fingerprint density at radius 3 is 2.80 bits per heavy atom. The van der Waals surface area contributed by atoms with E-state index in [4.69, 9.17) is 10.2 Å². The van der Waals surface area contributed by atoms with Gasteiger partial charge in [-0.15, -0.1) is 0 Å². The topological polar surface area (TPSA) is 94.4 Å². The molecule has 7 heteroatoms.